The van der Waals surface area contributed by atoms with Gasteiger partial charge >= 0.3 is 5.97 Å². The standard InChI is InChI=1S/C15H27NO4/c1-2-3-4-5-6-7-8-13(15(18)19)16-14(17)12-9-10-20-11-12/h12-13H,2-11H2,1H3,(H,16,17)(H,18,19)/t12-,13+/m1/s1. The number of rotatable bonds is 10. The highest BCUT2D eigenvalue weighted by Gasteiger charge is 2.27. The zero-order chi connectivity index (χ0) is 14.8. The molecule has 2 N–H and O–H groups in total. The number of amides is 1. The van der Waals surface area contributed by atoms with E-state index < -0.39 is 12.0 Å². The van der Waals surface area contributed by atoms with Gasteiger partial charge in [-0.2, -0.15) is 0 Å². The number of nitrogens with one attached hydrogen (secondary N) is 1. The van der Waals surface area contributed by atoms with Crippen LogP contribution in [0.5, 0.6) is 0 Å². The smallest absolute Gasteiger partial charge is 0.326 e. The van der Waals surface area contributed by atoms with Crippen LogP contribution in [0.4, 0.5) is 0 Å². The highest BCUT2D eigenvalue weighted by molar-refractivity contribution is 5.85. The Kier molecular flexibility index (Phi) is 8.26. The molecule has 20 heavy (non-hydrogen) atoms. The molecular weight excluding hydrogens is 258 g/mol. The van der Waals surface area contributed by atoms with Crippen LogP contribution in [-0.4, -0.2) is 36.2 Å². The first-order chi connectivity index (χ1) is 9.65. The summed E-state index contributed by atoms with van der Waals surface area (Å²) in [7, 11) is 0. The predicted molar refractivity (Wildman–Crippen MR) is 76.5 cm³/mol. The van der Waals surface area contributed by atoms with Gasteiger partial charge in [0.1, 0.15) is 6.04 Å². The molecule has 0 aromatic rings. The molecule has 1 fully saturated rings. The summed E-state index contributed by atoms with van der Waals surface area (Å²) in [6.07, 6.45) is 7.88. The van der Waals surface area contributed by atoms with Crippen molar-refractivity contribution in [1.82, 2.24) is 5.32 Å². The second-order valence-corrected chi connectivity index (χ2v) is 5.52. The topological polar surface area (TPSA) is 75.6 Å². The van der Waals surface area contributed by atoms with Crippen molar-refractivity contribution in [2.45, 2.75) is 64.3 Å². The van der Waals surface area contributed by atoms with E-state index in [0.717, 1.165) is 19.3 Å². The molecule has 1 saturated heterocycles. The summed E-state index contributed by atoms with van der Waals surface area (Å²) in [5.74, 6) is -1.30. The minimum Gasteiger partial charge on any atom is -0.480 e. The van der Waals surface area contributed by atoms with Crippen LogP contribution >= 0.6 is 0 Å². The van der Waals surface area contributed by atoms with Crippen molar-refractivity contribution in [2.24, 2.45) is 5.92 Å². The van der Waals surface area contributed by atoms with E-state index in [1.807, 2.05) is 0 Å². The molecule has 0 unspecified atom stereocenters. The third-order valence-corrected chi connectivity index (χ3v) is 3.76. The fraction of sp³-hybridized carbons (Fsp3) is 0.867. The number of hydrogen-bond donors (Lipinski definition) is 2. The van der Waals surface area contributed by atoms with Gasteiger partial charge in [-0.3, -0.25) is 4.79 Å². The first-order valence-corrected chi connectivity index (χ1v) is 7.76. The Morgan fingerprint density at radius 1 is 1.25 bits per heavy atom. The lowest BCUT2D eigenvalue weighted by Gasteiger charge is -2.16. The summed E-state index contributed by atoms with van der Waals surface area (Å²) >= 11 is 0. The van der Waals surface area contributed by atoms with Crippen molar-refractivity contribution in [1.29, 1.82) is 0 Å². The summed E-state index contributed by atoms with van der Waals surface area (Å²) in [6.45, 7) is 3.17. The molecule has 0 aromatic carbocycles. The SMILES string of the molecule is CCCCCCCC[C@H](NC(=O)[C@@H]1CCOC1)C(=O)O. The van der Waals surface area contributed by atoms with E-state index in [4.69, 9.17) is 9.84 Å². The molecular formula is C15H27NO4. The van der Waals surface area contributed by atoms with Crippen LogP contribution in [0.15, 0.2) is 0 Å². The number of unbranched alkanes of at least 4 members (excludes halogenated alkanes) is 5. The van der Waals surface area contributed by atoms with Gasteiger partial charge in [0, 0.05) is 6.61 Å². The lowest BCUT2D eigenvalue weighted by Crippen LogP contribution is -2.43. The summed E-state index contributed by atoms with van der Waals surface area (Å²) in [6, 6.07) is -0.755. The minimum atomic E-state index is -0.939. The maximum Gasteiger partial charge on any atom is 0.326 e. The van der Waals surface area contributed by atoms with Crippen LogP contribution in [0.1, 0.15) is 58.3 Å². The summed E-state index contributed by atoms with van der Waals surface area (Å²) in [4.78, 5) is 23.0. The molecule has 0 spiro atoms. The minimum absolute atomic E-state index is 0.179. The van der Waals surface area contributed by atoms with E-state index in [9.17, 15) is 9.59 Å². The summed E-state index contributed by atoms with van der Waals surface area (Å²) in [5.41, 5.74) is 0. The lowest BCUT2D eigenvalue weighted by molar-refractivity contribution is -0.142. The molecule has 1 heterocycles. The van der Waals surface area contributed by atoms with Gasteiger partial charge in [0.05, 0.1) is 12.5 Å². The molecule has 5 nitrogen and oxygen atoms in total. The van der Waals surface area contributed by atoms with Crippen molar-refractivity contribution in [3.8, 4) is 0 Å². The maximum atomic E-state index is 11.9. The monoisotopic (exact) mass is 285 g/mol. The van der Waals surface area contributed by atoms with Crippen LogP contribution in [0.3, 0.4) is 0 Å². The normalized spacial score (nSPS) is 19.8. The molecule has 116 valence electrons. The zero-order valence-electron chi connectivity index (χ0n) is 12.4. The lowest BCUT2D eigenvalue weighted by atomic mass is 10.0. The second-order valence-electron chi connectivity index (χ2n) is 5.52. The quantitative estimate of drug-likeness (QED) is 0.604. The number of carboxylic acids is 1. The molecule has 5 heteroatoms. The Labute approximate surface area is 121 Å². The Bertz CT molecular complexity index is 300. The first-order valence-electron chi connectivity index (χ1n) is 7.76. The molecule has 1 rings (SSSR count). The van der Waals surface area contributed by atoms with E-state index in [2.05, 4.69) is 12.2 Å². The average Bonchev–Trinajstić information content (AvgIpc) is 2.95. The average molecular weight is 285 g/mol. The van der Waals surface area contributed by atoms with E-state index >= 15 is 0 Å². The zero-order valence-corrected chi connectivity index (χ0v) is 12.4. The van der Waals surface area contributed by atoms with Gasteiger partial charge in [0.25, 0.3) is 0 Å². The summed E-state index contributed by atoms with van der Waals surface area (Å²) in [5, 5.41) is 11.8. The van der Waals surface area contributed by atoms with Gasteiger partial charge in [0.2, 0.25) is 5.91 Å². The number of hydrogen-bond acceptors (Lipinski definition) is 3. The molecule has 0 aromatic heterocycles. The largest absolute Gasteiger partial charge is 0.480 e. The Morgan fingerprint density at radius 3 is 2.55 bits per heavy atom. The highest BCUT2D eigenvalue weighted by Crippen LogP contribution is 2.14. The fourth-order valence-corrected chi connectivity index (χ4v) is 2.42. The van der Waals surface area contributed by atoms with Gasteiger partial charge in [-0.05, 0) is 12.8 Å². The van der Waals surface area contributed by atoms with Crippen LogP contribution in [0.2, 0.25) is 0 Å². The van der Waals surface area contributed by atoms with Crippen LogP contribution < -0.4 is 5.32 Å². The van der Waals surface area contributed by atoms with Gasteiger partial charge in [-0.15, -0.1) is 0 Å². The molecule has 2 atom stereocenters. The molecule has 1 amide bonds. The number of carbonyl (C=O) groups is 2. The molecule has 0 aliphatic carbocycles. The maximum absolute atomic E-state index is 11.9. The third kappa shape index (κ3) is 6.37. The van der Waals surface area contributed by atoms with Crippen LogP contribution in [0, 0.1) is 5.92 Å². The van der Waals surface area contributed by atoms with Crippen molar-refractivity contribution in [2.75, 3.05) is 13.2 Å². The molecule has 1 aliphatic heterocycles. The van der Waals surface area contributed by atoms with Gasteiger partial charge in [0.15, 0.2) is 0 Å². The van der Waals surface area contributed by atoms with Crippen molar-refractivity contribution in [3.05, 3.63) is 0 Å². The van der Waals surface area contributed by atoms with E-state index in [1.165, 1.54) is 19.3 Å². The van der Waals surface area contributed by atoms with Crippen molar-refractivity contribution < 1.29 is 19.4 Å². The van der Waals surface area contributed by atoms with Crippen LogP contribution in [-0.2, 0) is 14.3 Å². The van der Waals surface area contributed by atoms with Crippen molar-refractivity contribution >= 4 is 11.9 Å². The molecule has 1 aliphatic rings. The van der Waals surface area contributed by atoms with E-state index in [-0.39, 0.29) is 11.8 Å². The molecule has 0 radical (unpaired) electrons. The molecule has 0 saturated carbocycles. The first kappa shape index (κ1) is 17.0. The second kappa shape index (κ2) is 9.75. The Hall–Kier alpha value is -1.10. The van der Waals surface area contributed by atoms with Gasteiger partial charge in [-0.1, -0.05) is 45.4 Å². The van der Waals surface area contributed by atoms with Gasteiger partial charge < -0.3 is 15.2 Å². The van der Waals surface area contributed by atoms with Crippen LogP contribution in [0.25, 0.3) is 0 Å². The molecule has 0 bridgehead atoms. The Balaban J connectivity index is 2.22. The van der Waals surface area contributed by atoms with Gasteiger partial charge in [-0.25, -0.2) is 4.79 Å². The Morgan fingerprint density at radius 2 is 1.95 bits per heavy atom. The number of ether oxygens (including phenoxy) is 1. The predicted octanol–water partition coefficient (Wildman–Crippen LogP) is 2.34. The number of carboxylic acid groups (broad SMARTS) is 1. The van der Waals surface area contributed by atoms with E-state index in [1.54, 1.807) is 0 Å². The summed E-state index contributed by atoms with van der Waals surface area (Å²) < 4.78 is 5.15. The van der Waals surface area contributed by atoms with Crippen molar-refractivity contribution in [3.63, 3.8) is 0 Å². The number of aliphatic carboxylic acids is 1. The number of carbonyl (C=O) groups excluding carboxylic acids is 1. The third-order valence-electron chi connectivity index (χ3n) is 3.76. The fourth-order valence-electron chi connectivity index (χ4n) is 2.42. The highest BCUT2D eigenvalue weighted by atomic mass is 16.5. The van der Waals surface area contributed by atoms with E-state index in [0.29, 0.717) is 26.1 Å².